The number of thiocarbonyl (C=S) groups is 1. The van der Waals surface area contributed by atoms with Gasteiger partial charge in [-0.25, -0.2) is 0 Å². The molecule has 4 nitrogen and oxygen atoms in total. The van der Waals surface area contributed by atoms with E-state index in [1.54, 1.807) is 29.2 Å². The number of ether oxygens (including phenoxy) is 1. The van der Waals surface area contributed by atoms with Crippen molar-refractivity contribution in [1.29, 1.82) is 0 Å². The fourth-order valence-corrected chi connectivity index (χ4v) is 3.46. The number of thioether (sulfide) groups is 1. The molecule has 3 rings (SSSR count). The second kappa shape index (κ2) is 5.10. The van der Waals surface area contributed by atoms with Crippen LogP contribution in [0.4, 0.5) is 0 Å². The molecule has 104 valence electrons. The van der Waals surface area contributed by atoms with E-state index < -0.39 is 0 Å². The quantitative estimate of drug-likeness (QED) is 0.687. The van der Waals surface area contributed by atoms with Crippen LogP contribution in [0.5, 0.6) is 11.5 Å². The molecule has 1 heterocycles. The minimum atomic E-state index is -0.0189. The fourth-order valence-electron chi connectivity index (χ4n) is 2.06. The lowest BCUT2D eigenvalue weighted by Gasteiger charge is -2.11. The average molecular weight is 307 g/mol. The number of nitrogens with zero attached hydrogens (tertiary/aromatic N) is 1. The van der Waals surface area contributed by atoms with Crippen LogP contribution in [0.15, 0.2) is 23.1 Å². The van der Waals surface area contributed by atoms with E-state index in [0.717, 1.165) is 18.4 Å². The summed E-state index contributed by atoms with van der Waals surface area (Å²) in [6, 6.07) is 5.27. The van der Waals surface area contributed by atoms with E-state index in [1.807, 2.05) is 0 Å². The number of rotatable bonds is 3. The third-order valence-electron chi connectivity index (χ3n) is 3.24. The van der Waals surface area contributed by atoms with Gasteiger partial charge >= 0.3 is 0 Å². The number of methoxy groups -OCH3 is 1. The summed E-state index contributed by atoms with van der Waals surface area (Å²) in [5.74, 6) is 0.446. The van der Waals surface area contributed by atoms with Crippen molar-refractivity contribution in [2.45, 2.75) is 18.9 Å². The summed E-state index contributed by atoms with van der Waals surface area (Å²) in [4.78, 5) is 14.6. The van der Waals surface area contributed by atoms with Crippen LogP contribution >= 0.6 is 24.0 Å². The first-order valence-corrected chi connectivity index (χ1v) is 7.46. The van der Waals surface area contributed by atoms with Crippen LogP contribution in [-0.4, -0.2) is 33.4 Å². The van der Waals surface area contributed by atoms with Crippen LogP contribution in [0.2, 0.25) is 0 Å². The lowest BCUT2D eigenvalue weighted by Crippen LogP contribution is -2.30. The Morgan fingerprint density at radius 2 is 2.25 bits per heavy atom. The number of hydrogen-bond donors (Lipinski definition) is 1. The Morgan fingerprint density at radius 3 is 2.90 bits per heavy atom. The van der Waals surface area contributed by atoms with Crippen molar-refractivity contribution in [3.05, 3.63) is 28.7 Å². The first-order chi connectivity index (χ1) is 9.60. The van der Waals surface area contributed by atoms with Crippen molar-refractivity contribution < 1.29 is 14.6 Å². The molecule has 1 aliphatic heterocycles. The van der Waals surface area contributed by atoms with Crippen molar-refractivity contribution in [3.8, 4) is 11.5 Å². The number of hydrogen-bond acceptors (Lipinski definition) is 5. The van der Waals surface area contributed by atoms with Gasteiger partial charge in [0.05, 0.1) is 12.0 Å². The first-order valence-electron chi connectivity index (χ1n) is 6.24. The van der Waals surface area contributed by atoms with E-state index in [1.165, 1.54) is 18.9 Å². The lowest BCUT2D eigenvalue weighted by atomic mass is 10.2. The third kappa shape index (κ3) is 2.41. The molecule has 0 atom stereocenters. The molecule has 1 aromatic rings. The molecule has 0 radical (unpaired) electrons. The highest BCUT2D eigenvalue weighted by Crippen LogP contribution is 2.40. The van der Waals surface area contributed by atoms with Gasteiger partial charge in [0.25, 0.3) is 5.91 Å². The molecule has 1 saturated heterocycles. The van der Waals surface area contributed by atoms with Gasteiger partial charge in [-0.05, 0) is 36.6 Å². The monoisotopic (exact) mass is 307 g/mol. The smallest absolute Gasteiger partial charge is 0.266 e. The number of phenolic OH excluding ortho intramolecular Hbond substituents is 1. The van der Waals surface area contributed by atoms with Crippen LogP contribution in [0.25, 0.3) is 6.08 Å². The summed E-state index contributed by atoms with van der Waals surface area (Å²) in [6.45, 7) is 0. The Kier molecular flexibility index (Phi) is 3.43. The second-order valence-electron chi connectivity index (χ2n) is 4.71. The van der Waals surface area contributed by atoms with E-state index in [-0.39, 0.29) is 11.7 Å². The van der Waals surface area contributed by atoms with Gasteiger partial charge in [-0.15, -0.1) is 0 Å². The largest absolute Gasteiger partial charge is 0.504 e. The Hall–Kier alpha value is -1.53. The standard InChI is InChI=1S/C14H13NO3S2/c1-18-11-6-8(2-5-10(11)16)7-12-13(17)15(9-3-4-9)14(19)20-12/h2,5-7,9,16H,3-4H2,1H3. The Labute approximate surface area is 126 Å². The number of phenols is 1. The lowest BCUT2D eigenvalue weighted by molar-refractivity contribution is -0.122. The summed E-state index contributed by atoms with van der Waals surface area (Å²) in [5.41, 5.74) is 0.802. The molecular weight excluding hydrogens is 294 g/mol. The highest BCUT2D eigenvalue weighted by Gasteiger charge is 2.41. The summed E-state index contributed by atoms with van der Waals surface area (Å²) < 4.78 is 5.69. The number of benzene rings is 1. The van der Waals surface area contributed by atoms with E-state index in [0.29, 0.717) is 21.0 Å². The van der Waals surface area contributed by atoms with E-state index in [9.17, 15) is 9.90 Å². The summed E-state index contributed by atoms with van der Waals surface area (Å²) in [6.07, 6.45) is 3.85. The molecule has 1 aliphatic carbocycles. The minimum Gasteiger partial charge on any atom is -0.504 e. The molecule has 1 amide bonds. The number of carbonyl (C=O) groups is 1. The van der Waals surface area contributed by atoms with Crippen LogP contribution in [0.3, 0.4) is 0 Å². The zero-order valence-electron chi connectivity index (χ0n) is 10.8. The Balaban J connectivity index is 1.89. The molecule has 6 heteroatoms. The van der Waals surface area contributed by atoms with E-state index >= 15 is 0 Å². The summed E-state index contributed by atoms with van der Waals surface area (Å²) in [5, 5.41) is 9.57. The van der Waals surface area contributed by atoms with Crippen LogP contribution < -0.4 is 4.74 Å². The maximum Gasteiger partial charge on any atom is 0.266 e. The molecule has 0 aromatic heterocycles. The van der Waals surface area contributed by atoms with Gasteiger partial charge in [-0.3, -0.25) is 9.69 Å². The van der Waals surface area contributed by atoms with Gasteiger partial charge in [0, 0.05) is 6.04 Å². The molecule has 2 aliphatic rings. The zero-order valence-corrected chi connectivity index (χ0v) is 12.5. The Morgan fingerprint density at radius 1 is 1.50 bits per heavy atom. The molecule has 0 spiro atoms. The van der Waals surface area contributed by atoms with Gasteiger partial charge in [0.15, 0.2) is 11.5 Å². The number of aromatic hydroxyl groups is 1. The van der Waals surface area contributed by atoms with Crippen molar-refractivity contribution >= 4 is 40.3 Å². The van der Waals surface area contributed by atoms with Crippen molar-refractivity contribution in [2.75, 3.05) is 7.11 Å². The van der Waals surface area contributed by atoms with Crippen molar-refractivity contribution in [3.63, 3.8) is 0 Å². The first kappa shape index (κ1) is 13.5. The molecule has 1 saturated carbocycles. The highest BCUT2D eigenvalue weighted by molar-refractivity contribution is 8.26. The maximum atomic E-state index is 12.3. The highest BCUT2D eigenvalue weighted by atomic mass is 32.2. The molecule has 2 fully saturated rings. The van der Waals surface area contributed by atoms with Gasteiger partial charge in [-0.2, -0.15) is 0 Å². The van der Waals surface area contributed by atoms with E-state index in [2.05, 4.69) is 0 Å². The minimum absolute atomic E-state index is 0.0189. The zero-order chi connectivity index (χ0) is 14.3. The Bertz CT molecular complexity index is 623. The van der Waals surface area contributed by atoms with Gasteiger partial charge < -0.3 is 9.84 Å². The molecule has 20 heavy (non-hydrogen) atoms. The van der Waals surface area contributed by atoms with E-state index in [4.69, 9.17) is 17.0 Å². The molecule has 0 bridgehead atoms. The van der Waals surface area contributed by atoms with Gasteiger partial charge in [-0.1, -0.05) is 30.0 Å². The van der Waals surface area contributed by atoms with Crippen molar-refractivity contribution in [1.82, 2.24) is 4.90 Å². The topological polar surface area (TPSA) is 49.8 Å². The molecule has 0 unspecified atom stereocenters. The van der Waals surface area contributed by atoms with Gasteiger partial charge in [0.2, 0.25) is 0 Å². The normalized spacial score (nSPS) is 20.9. The van der Waals surface area contributed by atoms with Gasteiger partial charge in [0.1, 0.15) is 4.32 Å². The molecule has 1 N–H and O–H groups in total. The SMILES string of the molecule is COc1cc(C=C2SC(=S)N(C3CC3)C2=O)ccc1O. The van der Waals surface area contributed by atoms with Crippen LogP contribution in [-0.2, 0) is 4.79 Å². The van der Waals surface area contributed by atoms with Crippen LogP contribution in [0, 0.1) is 0 Å². The molecular formula is C14H13NO3S2. The fraction of sp³-hybridized carbons (Fsp3) is 0.286. The predicted octanol–water partition coefficient (Wildman–Crippen LogP) is 2.76. The third-order valence-corrected chi connectivity index (χ3v) is 4.57. The number of amides is 1. The second-order valence-corrected chi connectivity index (χ2v) is 6.39. The summed E-state index contributed by atoms with van der Waals surface area (Å²) in [7, 11) is 1.49. The molecule has 1 aromatic carbocycles. The average Bonchev–Trinajstić information content (AvgIpc) is 3.20. The van der Waals surface area contributed by atoms with Crippen molar-refractivity contribution in [2.24, 2.45) is 0 Å². The van der Waals surface area contributed by atoms with Crippen LogP contribution in [0.1, 0.15) is 18.4 Å². The maximum absolute atomic E-state index is 12.3. The predicted molar refractivity (Wildman–Crippen MR) is 82.7 cm³/mol. The summed E-state index contributed by atoms with van der Waals surface area (Å²) >= 11 is 6.59. The number of carbonyl (C=O) groups excluding carboxylic acids is 1.